The van der Waals surface area contributed by atoms with Gasteiger partial charge in [0.25, 0.3) is 0 Å². The van der Waals surface area contributed by atoms with Crippen molar-refractivity contribution in [3.8, 4) is 0 Å². The highest BCUT2D eigenvalue weighted by Crippen LogP contribution is 2.48. The summed E-state index contributed by atoms with van der Waals surface area (Å²) in [5.41, 5.74) is 3.33. The van der Waals surface area contributed by atoms with Crippen molar-refractivity contribution in [3.05, 3.63) is 34.9 Å². The lowest BCUT2D eigenvalue weighted by molar-refractivity contribution is -0.140. The Hall–Kier alpha value is -1.31. The summed E-state index contributed by atoms with van der Waals surface area (Å²) in [6.45, 7) is 0. The zero-order valence-electron chi connectivity index (χ0n) is 10.0. The van der Waals surface area contributed by atoms with E-state index >= 15 is 0 Å². The van der Waals surface area contributed by atoms with Crippen LogP contribution in [0.2, 0.25) is 0 Å². The van der Waals surface area contributed by atoms with E-state index in [2.05, 4.69) is 12.1 Å². The first-order chi connectivity index (χ1) is 8.22. The van der Waals surface area contributed by atoms with Gasteiger partial charge in [0.2, 0.25) is 0 Å². The quantitative estimate of drug-likeness (QED) is 0.793. The Morgan fingerprint density at radius 2 is 1.76 bits per heavy atom. The highest BCUT2D eigenvalue weighted by atomic mass is 16.4. The largest absolute Gasteiger partial charge is 0.481 e. The number of aryl methyl sites for hydroxylation is 2. The molecule has 0 heterocycles. The summed E-state index contributed by atoms with van der Waals surface area (Å²) in [7, 11) is 0. The van der Waals surface area contributed by atoms with Crippen LogP contribution < -0.4 is 0 Å². The predicted molar refractivity (Wildman–Crippen MR) is 66.2 cm³/mol. The molecule has 1 aromatic carbocycles. The predicted octanol–water partition coefficient (Wildman–Crippen LogP) is 3.07. The lowest BCUT2D eigenvalue weighted by Crippen LogP contribution is -2.19. The molecule has 0 saturated heterocycles. The Bertz CT molecular complexity index is 458. The molecule has 1 saturated carbocycles. The van der Waals surface area contributed by atoms with E-state index < -0.39 is 11.4 Å². The van der Waals surface area contributed by atoms with Crippen LogP contribution in [0.15, 0.2) is 18.2 Å². The topological polar surface area (TPSA) is 37.3 Å². The molecule has 0 bridgehead atoms. The molecule has 1 fully saturated rings. The summed E-state index contributed by atoms with van der Waals surface area (Å²) in [5, 5.41) is 9.32. The molecule has 0 aromatic heterocycles. The molecule has 0 spiro atoms. The van der Waals surface area contributed by atoms with Gasteiger partial charge in [-0.1, -0.05) is 24.6 Å². The van der Waals surface area contributed by atoms with Crippen molar-refractivity contribution in [2.45, 2.75) is 50.4 Å². The van der Waals surface area contributed by atoms with Crippen molar-refractivity contribution in [1.29, 1.82) is 0 Å². The Morgan fingerprint density at radius 3 is 2.41 bits per heavy atom. The van der Waals surface area contributed by atoms with Crippen LogP contribution in [0, 0.1) is 0 Å². The number of hydrogen-bond donors (Lipinski definition) is 1. The average Bonchev–Trinajstić information content (AvgIpc) is 3.13. The van der Waals surface area contributed by atoms with Crippen molar-refractivity contribution in [1.82, 2.24) is 0 Å². The first kappa shape index (κ1) is 10.8. The second-order valence-electron chi connectivity index (χ2n) is 5.43. The number of hydrogen-bond acceptors (Lipinski definition) is 1. The minimum Gasteiger partial charge on any atom is -0.481 e. The van der Waals surface area contributed by atoms with Gasteiger partial charge in [-0.3, -0.25) is 4.79 Å². The standard InChI is InChI=1S/C15H18O2/c16-14(17)15(8-9-15)13-7-6-11-4-2-1-3-5-12(11)10-13/h6-7,10H,1-5,8-9H2,(H,16,17). The maximum Gasteiger partial charge on any atom is 0.314 e. The van der Waals surface area contributed by atoms with Crippen LogP contribution >= 0.6 is 0 Å². The van der Waals surface area contributed by atoms with Gasteiger partial charge in [0.05, 0.1) is 5.41 Å². The molecule has 2 aliphatic rings. The zero-order chi connectivity index (χ0) is 11.9. The Kier molecular flexibility index (Phi) is 2.46. The summed E-state index contributed by atoms with van der Waals surface area (Å²) in [6, 6.07) is 6.38. The number of rotatable bonds is 2. The van der Waals surface area contributed by atoms with Crippen molar-refractivity contribution in [3.63, 3.8) is 0 Å². The van der Waals surface area contributed by atoms with E-state index in [0.29, 0.717) is 0 Å². The average molecular weight is 230 g/mol. The highest BCUT2D eigenvalue weighted by molar-refractivity contribution is 5.85. The molecule has 0 aliphatic heterocycles. The van der Waals surface area contributed by atoms with Crippen molar-refractivity contribution >= 4 is 5.97 Å². The van der Waals surface area contributed by atoms with Crippen LogP contribution in [-0.4, -0.2) is 11.1 Å². The number of carboxylic acid groups (broad SMARTS) is 1. The molecular weight excluding hydrogens is 212 g/mol. The maximum absolute atomic E-state index is 11.3. The molecular formula is C15H18O2. The van der Waals surface area contributed by atoms with Crippen molar-refractivity contribution in [2.24, 2.45) is 0 Å². The minimum atomic E-state index is -0.647. The summed E-state index contributed by atoms with van der Waals surface area (Å²) in [6.07, 6.45) is 7.72. The Morgan fingerprint density at radius 1 is 1.06 bits per heavy atom. The smallest absolute Gasteiger partial charge is 0.314 e. The molecule has 17 heavy (non-hydrogen) atoms. The summed E-state index contributed by atoms with van der Waals surface area (Å²) in [5.74, 6) is -0.647. The number of aliphatic carboxylic acids is 1. The first-order valence-corrected chi connectivity index (χ1v) is 6.58. The number of fused-ring (bicyclic) bond motifs is 1. The van der Waals surface area contributed by atoms with E-state index in [1.165, 1.54) is 30.4 Å². The molecule has 2 heteroatoms. The summed E-state index contributed by atoms with van der Waals surface area (Å²) in [4.78, 5) is 11.3. The zero-order valence-corrected chi connectivity index (χ0v) is 10.0. The first-order valence-electron chi connectivity index (χ1n) is 6.58. The van der Waals surface area contributed by atoms with Gasteiger partial charge in [0.15, 0.2) is 0 Å². The van der Waals surface area contributed by atoms with Gasteiger partial charge in [-0.25, -0.2) is 0 Å². The fraction of sp³-hybridized carbons (Fsp3) is 0.533. The van der Waals surface area contributed by atoms with Crippen LogP contribution in [0.25, 0.3) is 0 Å². The van der Waals surface area contributed by atoms with Gasteiger partial charge < -0.3 is 5.11 Å². The van der Waals surface area contributed by atoms with Crippen molar-refractivity contribution < 1.29 is 9.90 Å². The lowest BCUT2D eigenvalue weighted by atomic mass is 9.91. The van der Waals surface area contributed by atoms with E-state index in [1.807, 2.05) is 6.07 Å². The maximum atomic E-state index is 11.3. The van der Waals surface area contributed by atoms with Crippen LogP contribution in [0.5, 0.6) is 0 Å². The third-order valence-corrected chi connectivity index (χ3v) is 4.31. The Labute approximate surface area is 102 Å². The molecule has 90 valence electrons. The molecule has 0 radical (unpaired) electrons. The van der Waals surface area contributed by atoms with E-state index in [-0.39, 0.29) is 0 Å². The second kappa shape index (κ2) is 3.86. The fourth-order valence-electron chi connectivity index (χ4n) is 2.96. The molecule has 2 nitrogen and oxygen atoms in total. The lowest BCUT2D eigenvalue weighted by Gasteiger charge is -2.14. The molecule has 2 aliphatic carbocycles. The van der Waals surface area contributed by atoms with Gasteiger partial charge in [0, 0.05) is 0 Å². The van der Waals surface area contributed by atoms with Gasteiger partial charge >= 0.3 is 5.97 Å². The van der Waals surface area contributed by atoms with Crippen LogP contribution in [0.4, 0.5) is 0 Å². The van der Waals surface area contributed by atoms with E-state index in [1.54, 1.807) is 0 Å². The Balaban J connectivity index is 1.98. The summed E-state index contributed by atoms with van der Waals surface area (Å²) < 4.78 is 0. The third kappa shape index (κ3) is 1.76. The fourth-order valence-corrected chi connectivity index (χ4v) is 2.96. The normalized spacial score (nSPS) is 21.4. The molecule has 3 rings (SSSR count). The second-order valence-corrected chi connectivity index (χ2v) is 5.43. The molecule has 0 amide bonds. The number of carbonyl (C=O) groups is 1. The summed E-state index contributed by atoms with van der Waals surface area (Å²) >= 11 is 0. The van der Waals surface area contributed by atoms with E-state index in [9.17, 15) is 9.90 Å². The van der Waals surface area contributed by atoms with Gasteiger partial charge in [-0.2, -0.15) is 0 Å². The van der Waals surface area contributed by atoms with Gasteiger partial charge in [-0.15, -0.1) is 0 Å². The minimum absolute atomic E-state index is 0.540. The highest BCUT2D eigenvalue weighted by Gasteiger charge is 2.51. The molecule has 0 atom stereocenters. The van der Waals surface area contributed by atoms with E-state index in [4.69, 9.17) is 0 Å². The third-order valence-electron chi connectivity index (χ3n) is 4.31. The molecule has 1 aromatic rings. The van der Waals surface area contributed by atoms with Gasteiger partial charge in [0.1, 0.15) is 0 Å². The van der Waals surface area contributed by atoms with E-state index in [0.717, 1.165) is 31.2 Å². The van der Waals surface area contributed by atoms with Crippen molar-refractivity contribution in [2.75, 3.05) is 0 Å². The number of benzene rings is 1. The van der Waals surface area contributed by atoms with Crippen LogP contribution in [-0.2, 0) is 23.1 Å². The molecule has 0 unspecified atom stereocenters. The molecule has 1 N–H and O–H groups in total. The van der Waals surface area contributed by atoms with Gasteiger partial charge in [-0.05, 0) is 55.2 Å². The SMILES string of the molecule is O=C(O)C1(c2ccc3c(c2)CCCCC3)CC1. The van der Waals surface area contributed by atoms with Crippen LogP contribution in [0.3, 0.4) is 0 Å². The van der Waals surface area contributed by atoms with Crippen LogP contribution in [0.1, 0.15) is 48.8 Å². The number of carboxylic acids is 1. The monoisotopic (exact) mass is 230 g/mol.